The summed E-state index contributed by atoms with van der Waals surface area (Å²) in [6.07, 6.45) is 2.43. The molecule has 2 aromatic rings. The molecule has 0 saturated carbocycles. The summed E-state index contributed by atoms with van der Waals surface area (Å²) < 4.78 is 5.23. The lowest BCUT2D eigenvalue weighted by Gasteiger charge is -2.10. The number of guanidine groups is 1. The summed E-state index contributed by atoms with van der Waals surface area (Å²) in [6, 6.07) is 5.81. The molecule has 0 fully saturated rings. The van der Waals surface area contributed by atoms with Gasteiger partial charge in [-0.1, -0.05) is 25.1 Å². The summed E-state index contributed by atoms with van der Waals surface area (Å²) in [5.41, 5.74) is 0.933. The molecule has 7 heteroatoms. The quantitative estimate of drug-likeness (QED) is 0.599. The van der Waals surface area contributed by atoms with Gasteiger partial charge in [0.15, 0.2) is 11.8 Å². The number of rotatable bonds is 7. The third kappa shape index (κ3) is 5.69. The molecule has 0 aromatic carbocycles. The van der Waals surface area contributed by atoms with Crippen LogP contribution in [0, 0.1) is 0 Å². The first-order valence-corrected chi connectivity index (χ1v) is 7.93. The number of hydrogen-bond acceptors (Lipinski definition) is 5. The summed E-state index contributed by atoms with van der Waals surface area (Å²) in [5, 5.41) is 10.4. The second-order valence-electron chi connectivity index (χ2n) is 5.39. The summed E-state index contributed by atoms with van der Waals surface area (Å²) >= 11 is 0. The van der Waals surface area contributed by atoms with Gasteiger partial charge in [0, 0.05) is 31.6 Å². The second-order valence-corrected chi connectivity index (χ2v) is 5.39. The molecule has 0 radical (unpaired) electrons. The normalized spacial score (nSPS) is 11.7. The maximum absolute atomic E-state index is 5.23. The van der Waals surface area contributed by atoms with Gasteiger partial charge < -0.3 is 15.2 Å². The van der Waals surface area contributed by atoms with E-state index in [9.17, 15) is 0 Å². The Kier molecular flexibility index (Phi) is 6.53. The van der Waals surface area contributed by atoms with Gasteiger partial charge in [-0.2, -0.15) is 4.98 Å². The molecule has 2 rings (SSSR count). The molecular formula is C16H24N6O. The van der Waals surface area contributed by atoms with Crippen molar-refractivity contribution in [2.75, 3.05) is 13.1 Å². The smallest absolute Gasteiger partial charge is 0.228 e. The lowest BCUT2D eigenvalue weighted by Crippen LogP contribution is -2.38. The van der Waals surface area contributed by atoms with Gasteiger partial charge in [0.05, 0.1) is 12.2 Å². The highest BCUT2D eigenvalue weighted by Crippen LogP contribution is 2.09. The summed E-state index contributed by atoms with van der Waals surface area (Å²) in [4.78, 5) is 13.1. The Hall–Kier alpha value is -2.44. The van der Waals surface area contributed by atoms with Gasteiger partial charge in [0.25, 0.3) is 0 Å². The number of nitrogens with one attached hydrogen (secondary N) is 2. The highest BCUT2D eigenvalue weighted by Gasteiger charge is 2.09. The monoisotopic (exact) mass is 316 g/mol. The van der Waals surface area contributed by atoms with Crippen LogP contribution >= 0.6 is 0 Å². The van der Waals surface area contributed by atoms with Gasteiger partial charge in [-0.3, -0.25) is 4.98 Å². The molecule has 0 aliphatic carbocycles. The van der Waals surface area contributed by atoms with Crippen molar-refractivity contribution in [2.45, 2.75) is 39.7 Å². The van der Waals surface area contributed by atoms with E-state index < -0.39 is 0 Å². The van der Waals surface area contributed by atoms with Gasteiger partial charge in [-0.05, 0) is 19.1 Å². The zero-order valence-electron chi connectivity index (χ0n) is 13.9. The van der Waals surface area contributed by atoms with Crippen LogP contribution in [0.3, 0.4) is 0 Å². The van der Waals surface area contributed by atoms with E-state index in [4.69, 9.17) is 4.52 Å². The zero-order chi connectivity index (χ0) is 16.5. The molecule has 0 amide bonds. The molecule has 124 valence electrons. The van der Waals surface area contributed by atoms with Crippen LogP contribution in [-0.2, 0) is 13.0 Å². The average molecular weight is 316 g/mol. The van der Waals surface area contributed by atoms with E-state index in [1.165, 1.54) is 0 Å². The van der Waals surface area contributed by atoms with Crippen molar-refractivity contribution in [1.82, 2.24) is 25.8 Å². The Labute approximate surface area is 136 Å². The molecule has 0 saturated heterocycles. The van der Waals surface area contributed by atoms with Gasteiger partial charge in [-0.15, -0.1) is 0 Å². The SMILES string of the molecule is CCNC(=NCc1ccccn1)NCCc1nc(C(C)C)no1. The Morgan fingerprint density at radius 2 is 2.17 bits per heavy atom. The molecule has 2 heterocycles. The predicted molar refractivity (Wildman–Crippen MR) is 89.1 cm³/mol. The third-order valence-corrected chi connectivity index (χ3v) is 3.10. The van der Waals surface area contributed by atoms with Crippen molar-refractivity contribution in [3.05, 3.63) is 41.8 Å². The van der Waals surface area contributed by atoms with Crippen LogP contribution in [0.5, 0.6) is 0 Å². The fourth-order valence-electron chi connectivity index (χ4n) is 1.89. The first-order valence-electron chi connectivity index (χ1n) is 7.93. The fraction of sp³-hybridized carbons (Fsp3) is 0.500. The first kappa shape index (κ1) is 16.9. The number of aromatic nitrogens is 3. The van der Waals surface area contributed by atoms with E-state index in [1.54, 1.807) is 6.20 Å². The van der Waals surface area contributed by atoms with E-state index in [1.807, 2.05) is 39.0 Å². The average Bonchev–Trinajstić information content (AvgIpc) is 3.03. The molecule has 0 unspecified atom stereocenters. The minimum Gasteiger partial charge on any atom is -0.357 e. The maximum Gasteiger partial charge on any atom is 0.228 e. The van der Waals surface area contributed by atoms with Crippen LogP contribution in [-0.4, -0.2) is 34.2 Å². The number of aliphatic imine (C=N–C) groups is 1. The molecule has 2 aromatic heterocycles. The minimum atomic E-state index is 0.276. The van der Waals surface area contributed by atoms with E-state index in [0.29, 0.717) is 25.4 Å². The van der Waals surface area contributed by atoms with Crippen molar-refractivity contribution in [1.29, 1.82) is 0 Å². The van der Waals surface area contributed by atoms with Crippen molar-refractivity contribution < 1.29 is 4.52 Å². The zero-order valence-corrected chi connectivity index (χ0v) is 13.9. The topological polar surface area (TPSA) is 88.2 Å². The fourth-order valence-corrected chi connectivity index (χ4v) is 1.89. The Morgan fingerprint density at radius 3 is 2.83 bits per heavy atom. The lowest BCUT2D eigenvalue weighted by atomic mass is 10.2. The van der Waals surface area contributed by atoms with Crippen LogP contribution in [0.1, 0.15) is 44.1 Å². The van der Waals surface area contributed by atoms with Gasteiger partial charge in [-0.25, -0.2) is 4.99 Å². The number of hydrogen-bond donors (Lipinski definition) is 2. The predicted octanol–water partition coefficient (Wildman–Crippen LogP) is 1.89. The molecule has 0 aliphatic heterocycles. The second kappa shape index (κ2) is 8.87. The molecule has 23 heavy (non-hydrogen) atoms. The number of nitrogens with zero attached hydrogens (tertiary/aromatic N) is 4. The molecule has 0 bridgehead atoms. The Morgan fingerprint density at radius 1 is 1.30 bits per heavy atom. The van der Waals surface area contributed by atoms with Crippen molar-refractivity contribution in [3.8, 4) is 0 Å². The molecule has 7 nitrogen and oxygen atoms in total. The molecule has 0 aliphatic rings. The van der Waals surface area contributed by atoms with Gasteiger partial charge >= 0.3 is 0 Å². The van der Waals surface area contributed by atoms with Crippen LogP contribution in [0.25, 0.3) is 0 Å². The van der Waals surface area contributed by atoms with E-state index in [-0.39, 0.29) is 5.92 Å². The standard InChI is InChI=1S/C16H24N6O/c1-4-17-16(20-11-13-7-5-6-9-18-13)19-10-8-14-21-15(12(2)3)22-23-14/h5-7,9,12H,4,8,10-11H2,1-3H3,(H2,17,19,20). The highest BCUT2D eigenvalue weighted by molar-refractivity contribution is 5.79. The maximum atomic E-state index is 5.23. The molecule has 2 N–H and O–H groups in total. The van der Waals surface area contributed by atoms with E-state index in [2.05, 4.69) is 30.8 Å². The summed E-state index contributed by atoms with van der Waals surface area (Å²) in [5.74, 6) is 2.41. The largest absolute Gasteiger partial charge is 0.357 e. The Balaban J connectivity index is 1.84. The van der Waals surface area contributed by atoms with Gasteiger partial charge in [0.2, 0.25) is 5.89 Å². The molecule has 0 atom stereocenters. The van der Waals surface area contributed by atoms with Crippen molar-refractivity contribution in [2.24, 2.45) is 4.99 Å². The molecular weight excluding hydrogens is 292 g/mol. The van der Waals surface area contributed by atoms with Gasteiger partial charge in [0.1, 0.15) is 0 Å². The van der Waals surface area contributed by atoms with Crippen LogP contribution in [0.15, 0.2) is 33.9 Å². The number of pyridine rings is 1. The highest BCUT2D eigenvalue weighted by atomic mass is 16.5. The summed E-state index contributed by atoms with van der Waals surface area (Å²) in [7, 11) is 0. The minimum absolute atomic E-state index is 0.276. The molecule has 0 spiro atoms. The Bertz CT molecular complexity index is 608. The lowest BCUT2D eigenvalue weighted by molar-refractivity contribution is 0.371. The van der Waals surface area contributed by atoms with Crippen LogP contribution in [0.2, 0.25) is 0 Å². The first-order chi connectivity index (χ1) is 11.2. The van der Waals surface area contributed by atoms with E-state index in [0.717, 1.165) is 24.0 Å². The van der Waals surface area contributed by atoms with Crippen molar-refractivity contribution in [3.63, 3.8) is 0 Å². The van der Waals surface area contributed by atoms with E-state index >= 15 is 0 Å². The summed E-state index contributed by atoms with van der Waals surface area (Å²) in [6.45, 7) is 8.12. The third-order valence-electron chi connectivity index (χ3n) is 3.10. The van der Waals surface area contributed by atoms with Crippen LogP contribution < -0.4 is 10.6 Å². The van der Waals surface area contributed by atoms with Crippen molar-refractivity contribution >= 4 is 5.96 Å². The van der Waals surface area contributed by atoms with Crippen LogP contribution in [0.4, 0.5) is 0 Å².